The normalized spacial score (nSPS) is 10.8. The van der Waals surface area contributed by atoms with Crippen LogP contribution in [0.15, 0.2) is 12.2 Å². The molecule has 0 fully saturated rings. The van der Waals surface area contributed by atoms with Crippen LogP contribution in [0.4, 0.5) is 0 Å². The SMILES string of the molecule is CC(C)C(=O)OC(=O)/C=C\C(=O)OC(=O)C(C)C. The average Bonchev–Trinajstić information content (AvgIpc) is 2.25. The minimum absolute atomic E-state index is 0.447. The number of carbonyl (C=O) groups is 4. The van der Waals surface area contributed by atoms with Gasteiger partial charge in [-0.25, -0.2) is 9.59 Å². The van der Waals surface area contributed by atoms with E-state index in [1.807, 2.05) is 0 Å². The predicted molar refractivity (Wildman–Crippen MR) is 61.0 cm³/mol. The Morgan fingerprint density at radius 1 is 0.722 bits per heavy atom. The van der Waals surface area contributed by atoms with Gasteiger partial charge in [-0.15, -0.1) is 0 Å². The second-order valence-corrected chi connectivity index (χ2v) is 4.12. The molecule has 0 saturated carbocycles. The first-order valence-electron chi connectivity index (χ1n) is 5.43. The molecule has 0 heterocycles. The van der Waals surface area contributed by atoms with Crippen molar-refractivity contribution < 1.29 is 28.7 Å². The van der Waals surface area contributed by atoms with Crippen LogP contribution >= 0.6 is 0 Å². The fourth-order valence-corrected chi connectivity index (χ4v) is 0.638. The highest BCUT2D eigenvalue weighted by molar-refractivity contribution is 5.99. The number of hydrogen-bond donors (Lipinski definition) is 0. The summed E-state index contributed by atoms with van der Waals surface area (Å²) in [7, 11) is 0. The van der Waals surface area contributed by atoms with E-state index in [2.05, 4.69) is 9.47 Å². The number of esters is 4. The predicted octanol–water partition coefficient (Wildman–Crippen LogP) is 0.994. The van der Waals surface area contributed by atoms with Gasteiger partial charge in [-0.05, 0) is 0 Å². The summed E-state index contributed by atoms with van der Waals surface area (Å²) >= 11 is 0. The van der Waals surface area contributed by atoms with Crippen LogP contribution in [0.25, 0.3) is 0 Å². The molecule has 0 unspecified atom stereocenters. The number of rotatable bonds is 4. The van der Waals surface area contributed by atoms with Gasteiger partial charge in [0.1, 0.15) is 0 Å². The lowest BCUT2D eigenvalue weighted by Gasteiger charge is -2.03. The molecular weight excluding hydrogens is 240 g/mol. The molecule has 0 aromatic carbocycles. The highest BCUT2D eigenvalue weighted by Gasteiger charge is 2.14. The van der Waals surface area contributed by atoms with Gasteiger partial charge >= 0.3 is 23.9 Å². The molecule has 0 aliphatic rings. The third kappa shape index (κ3) is 6.57. The summed E-state index contributed by atoms with van der Waals surface area (Å²) in [4.78, 5) is 44.2. The van der Waals surface area contributed by atoms with Crippen LogP contribution in [0.1, 0.15) is 27.7 Å². The molecule has 0 bridgehead atoms. The smallest absolute Gasteiger partial charge is 0.338 e. The monoisotopic (exact) mass is 256 g/mol. The van der Waals surface area contributed by atoms with Crippen molar-refractivity contribution in [2.24, 2.45) is 11.8 Å². The number of ether oxygens (including phenoxy) is 2. The molecule has 0 aromatic rings. The van der Waals surface area contributed by atoms with E-state index in [-0.39, 0.29) is 0 Å². The third-order valence-electron chi connectivity index (χ3n) is 1.70. The lowest BCUT2D eigenvalue weighted by Crippen LogP contribution is -2.17. The molecule has 0 atom stereocenters. The average molecular weight is 256 g/mol. The largest absolute Gasteiger partial charge is 0.390 e. The van der Waals surface area contributed by atoms with Crippen LogP contribution in [-0.4, -0.2) is 23.9 Å². The molecule has 0 rings (SSSR count). The Morgan fingerprint density at radius 2 is 1.00 bits per heavy atom. The van der Waals surface area contributed by atoms with Gasteiger partial charge in [0.05, 0.1) is 11.8 Å². The van der Waals surface area contributed by atoms with Crippen molar-refractivity contribution in [1.82, 2.24) is 0 Å². The zero-order chi connectivity index (χ0) is 14.3. The molecule has 100 valence electrons. The maximum Gasteiger partial charge on any atom is 0.338 e. The fourth-order valence-electron chi connectivity index (χ4n) is 0.638. The van der Waals surface area contributed by atoms with Crippen LogP contribution in [-0.2, 0) is 28.7 Å². The molecule has 0 aliphatic heterocycles. The molecular formula is C12H16O6. The Morgan fingerprint density at radius 3 is 1.22 bits per heavy atom. The zero-order valence-electron chi connectivity index (χ0n) is 10.8. The molecule has 0 saturated heterocycles. The van der Waals surface area contributed by atoms with Crippen molar-refractivity contribution in [3.8, 4) is 0 Å². The molecule has 0 spiro atoms. The summed E-state index contributed by atoms with van der Waals surface area (Å²) in [5, 5.41) is 0. The maximum atomic E-state index is 11.1. The maximum absolute atomic E-state index is 11.1. The van der Waals surface area contributed by atoms with E-state index in [9.17, 15) is 19.2 Å². The first-order valence-corrected chi connectivity index (χ1v) is 5.43. The summed E-state index contributed by atoms with van der Waals surface area (Å²) in [5.74, 6) is -4.26. The molecule has 0 aliphatic carbocycles. The molecule has 6 heteroatoms. The second kappa shape index (κ2) is 7.37. The van der Waals surface area contributed by atoms with Gasteiger partial charge < -0.3 is 9.47 Å². The van der Waals surface area contributed by atoms with Crippen molar-refractivity contribution in [1.29, 1.82) is 0 Å². The van der Waals surface area contributed by atoms with Gasteiger partial charge in [0, 0.05) is 12.2 Å². The highest BCUT2D eigenvalue weighted by Crippen LogP contribution is 1.98. The molecule has 0 amide bonds. The summed E-state index contributed by atoms with van der Waals surface area (Å²) in [6, 6.07) is 0. The Hall–Kier alpha value is -1.98. The third-order valence-corrected chi connectivity index (χ3v) is 1.70. The van der Waals surface area contributed by atoms with Crippen LogP contribution in [0.5, 0.6) is 0 Å². The fraction of sp³-hybridized carbons (Fsp3) is 0.500. The molecule has 18 heavy (non-hydrogen) atoms. The Bertz CT molecular complexity index is 342. The van der Waals surface area contributed by atoms with Crippen molar-refractivity contribution in [3.05, 3.63) is 12.2 Å². The van der Waals surface area contributed by atoms with E-state index in [1.165, 1.54) is 0 Å². The lowest BCUT2D eigenvalue weighted by atomic mass is 10.2. The van der Waals surface area contributed by atoms with Gasteiger partial charge in [0.2, 0.25) is 0 Å². The van der Waals surface area contributed by atoms with Gasteiger partial charge in [0.15, 0.2) is 0 Å². The van der Waals surface area contributed by atoms with Crippen LogP contribution < -0.4 is 0 Å². The highest BCUT2D eigenvalue weighted by atomic mass is 16.6. The van der Waals surface area contributed by atoms with Crippen molar-refractivity contribution in [2.45, 2.75) is 27.7 Å². The standard InChI is InChI=1S/C12H16O6/c1-7(2)11(15)17-9(13)5-6-10(14)18-12(16)8(3)4/h5-8H,1-4H3/b6-5-. The van der Waals surface area contributed by atoms with E-state index in [4.69, 9.17) is 0 Å². The first kappa shape index (κ1) is 16.0. The van der Waals surface area contributed by atoms with Crippen molar-refractivity contribution in [3.63, 3.8) is 0 Å². The van der Waals surface area contributed by atoms with Crippen molar-refractivity contribution in [2.75, 3.05) is 0 Å². The Kier molecular flexibility index (Phi) is 6.56. The van der Waals surface area contributed by atoms with Crippen LogP contribution in [0.3, 0.4) is 0 Å². The van der Waals surface area contributed by atoms with Crippen LogP contribution in [0, 0.1) is 11.8 Å². The quantitative estimate of drug-likeness (QED) is 0.423. The van der Waals surface area contributed by atoms with Crippen LogP contribution in [0.2, 0.25) is 0 Å². The topological polar surface area (TPSA) is 86.7 Å². The molecule has 0 radical (unpaired) electrons. The molecule has 0 N–H and O–H groups in total. The summed E-state index contributed by atoms with van der Waals surface area (Å²) in [6.45, 7) is 6.26. The second-order valence-electron chi connectivity index (χ2n) is 4.12. The molecule has 0 aromatic heterocycles. The first-order chi connectivity index (χ1) is 8.23. The Labute approximate surface area is 105 Å². The van der Waals surface area contributed by atoms with Gasteiger partial charge in [-0.1, -0.05) is 27.7 Å². The molecule has 6 nitrogen and oxygen atoms in total. The van der Waals surface area contributed by atoms with Crippen molar-refractivity contribution >= 4 is 23.9 Å². The van der Waals surface area contributed by atoms with E-state index in [0.29, 0.717) is 0 Å². The van der Waals surface area contributed by atoms with E-state index < -0.39 is 35.7 Å². The number of hydrogen-bond acceptors (Lipinski definition) is 6. The minimum atomic E-state index is -0.984. The summed E-state index contributed by atoms with van der Waals surface area (Å²) in [5.41, 5.74) is 0. The summed E-state index contributed by atoms with van der Waals surface area (Å²) < 4.78 is 8.71. The van der Waals surface area contributed by atoms with Gasteiger partial charge in [-0.2, -0.15) is 0 Å². The summed E-state index contributed by atoms with van der Waals surface area (Å²) in [6.07, 6.45) is 1.46. The number of carbonyl (C=O) groups excluding carboxylic acids is 4. The minimum Gasteiger partial charge on any atom is -0.390 e. The van der Waals surface area contributed by atoms with E-state index in [0.717, 1.165) is 12.2 Å². The zero-order valence-corrected chi connectivity index (χ0v) is 10.8. The van der Waals surface area contributed by atoms with Gasteiger partial charge in [-0.3, -0.25) is 9.59 Å². The van der Waals surface area contributed by atoms with Gasteiger partial charge in [0.25, 0.3) is 0 Å². The van der Waals surface area contributed by atoms with E-state index in [1.54, 1.807) is 27.7 Å². The lowest BCUT2D eigenvalue weighted by molar-refractivity contribution is -0.161. The Balaban J connectivity index is 4.23. The van der Waals surface area contributed by atoms with E-state index >= 15 is 0 Å².